The van der Waals surface area contributed by atoms with E-state index in [0.29, 0.717) is 18.9 Å². The van der Waals surface area contributed by atoms with Crippen LogP contribution in [-0.4, -0.2) is 36.1 Å². The van der Waals surface area contributed by atoms with Crippen molar-refractivity contribution in [1.82, 2.24) is 4.90 Å². The Balaban J connectivity index is 0.00000121. The van der Waals surface area contributed by atoms with Gasteiger partial charge in [-0.3, -0.25) is 9.69 Å². The summed E-state index contributed by atoms with van der Waals surface area (Å²) < 4.78 is 5.26. The molecule has 1 fully saturated rings. The maximum atomic E-state index is 11.8. The predicted molar refractivity (Wildman–Crippen MR) is 82.9 cm³/mol. The average Bonchev–Trinajstić information content (AvgIpc) is 2.77. The van der Waals surface area contributed by atoms with Crippen molar-refractivity contribution < 1.29 is 9.53 Å². The number of hydrogen-bond acceptors (Lipinski definition) is 3. The topological polar surface area (TPSA) is 29.5 Å². The highest BCUT2D eigenvalue weighted by molar-refractivity contribution is 8.93. The summed E-state index contributed by atoms with van der Waals surface area (Å²) in [5.74, 6) is 0.689. The van der Waals surface area contributed by atoms with Crippen molar-refractivity contribution >= 4 is 23.0 Å². The second-order valence-electron chi connectivity index (χ2n) is 6.54. The molecule has 0 unspecified atom stereocenters. The van der Waals surface area contributed by atoms with E-state index >= 15 is 0 Å². The number of ether oxygens (including phenoxy) is 1. The summed E-state index contributed by atoms with van der Waals surface area (Å²) in [6, 6.07) is 0. The Morgan fingerprint density at radius 3 is 3.00 bits per heavy atom. The second-order valence-corrected chi connectivity index (χ2v) is 6.54. The Hall–Kier alpha value is -0.610. The molecule has 20 heavy (non-hydrogen) atoms. The molecule has 0 saturated carbocycles. The minimum atomic E-state index is -0.0283. The minimum absolute atomic E-state index is 0. The van der Waals surface area contributed by atoms with E-state index in [4.69, 9.17) is 4.74 Å². The third-order valence-electron chi connectivity index (χ3n) is 5.47. The van der Waals surface area contributed by atoms with E-state index < -0.39 is 0 Å². The zero-order chi connectivity index (χ0) is 13.0. The molecule has 0 radical (unpaired) electrons. The summed E-state index contributed by atoms with van der Waals surface area (Å²) in [4.78, 5) is 14.4. The molecule has 0 N–H and O–H groups in total. The van der Waals surface area contributed by atoms with Crippen molar-refractivity contribution in [3.05, 3.63) is 22.8 Å². The Bertz CT molecular complexity index is 511. The Labute approximate surface area is 130 Å². The SMILES string of the molecule is Br.C[C@H]1CC=C2CCN3CCC4=C(CC(=O)OC4)[C@]23C1. The van der Waals surface area contributed by atoms with Gasteiger partial charge >= 0.3 is 5.97 Å². The first kappa shape index (κ1) is 14.3. The zero-order valence-corrected chi connectivity index (χ0v) is 13.7. The Kier molecular flexibility index (Phi) is 3.57. The van der Waals surface area contributed by atoms with Gasteiger partial charge in [-0.15, -0.1) is 17.0 Å². The minimum Gasteiger partial charge on any atom is -0.461 e. The number of nitrogens with zero attached hydrogens (tertiary/aromatic N) is 1. The zero-order valence-electron chi connectivity index (χ0n) is 12.0. The molecule has 110 valence electrons. The van der Waals surface area contributed by atoms with Crippen molar-refractivity contribution in [2.24, 2.45) is 5.92 Å². The van der Waals surface area contributed by atoms with Crippen LogP contribution in [0.3, 0.4) is 0 Å². The van der Waals surface area contributed by atoms with Crippen LogP contribution in [0.4, 0.5) is 0 Å². The van der Waals surface area contributed by atoms with Crippen LogP contribution in [0.2, 0.25) is 0 Å². The molecule has 1 aliphatic carbocycles. The number of halogens is 1. The van der Waals surface area contributed by atoms with Crippen molar-refractivity contribution in [1.29, 1.82) is 0 Å². The van der Waals surface area contributed by atoms with Gasteiger partial charge < -0.3 is 4.74 Å². The van der Waals surface area contributed by atoms with Gasteiger partial charge in [0.05, 0.1) is 12.0 Å². The maximum absolute atomic E-state index is 11.8. The molecule has 0 aromatic heterocycles. The normalized spacial score (nSPS) is 36.4. The standard InChI is InChI=1S/C16H21NO2.BrH/c1-11-2-3-13-5-7-17-6-4-12-10-19-15(18)8-14(12)16(13,17)9-11;/h3,11H,2,4-10H2,1H3;1H/t11-,16-;/m0./s1. The molecule has 1 spiro atoms. The van der Waals surface area contributed by atoms with Crippen molar-refractivity contribution in [3.8, 4) is 0 Å². The van der Waals surface area contributed by atoms with Crippen molar-refractivity contribution in [2.75, 3.05) is 19.7 Å². The lowest BCUT2D eigenvalue weighted by molar-refractivity contribution is -0.143. The maximum Gasteiger partial charge on any atom is 0.310 e. The van der Waals surface area contributed by atoms with Gasteiger partial charge in [-0.2, -0.15) is 0 Å². The summed E-state index contributed by atoms with van der Waals surface area (Å²) >= 11 is 0. The fourth-order valence-corrected chi connectivity index (χ4v) is 4.64. The van der Waals surface area contributed by atoms with Crippen molar-refractivity contribution in [3.63, 3.8) is 0 Å². The number of esters is 1. The highest BCUT2D eigenvalue weighted by Crippen LogP contribution is 2.53. The molecule has 3 nitrogen and oxygen atoms in total. The third-order valence-corrected chi connectivity index (χ3v) is 5.47. The van der Waals surface area contributed by atoms with Crippen LogP contribution in [-0.2, 0) is 9.53 Å². The molecule has 4 aliphatic rings. The molecule has 3 heterocycles. The first-order valence-corrected chi connectivity index (χ1v) is 7.52. The number of hydrogen-bond donors (Lipinski definition) is 0. The smallest absolute Gasteiger partial charge is 0.310 e. The number of cyclic esters (lactones) is 1. The lowest BCUT2D eigenvalue weighted by Crippen LogP contribution is -2.53. The van der Waals surface area contributed by atoms with Gasteiger partial charge in [0, 0.05) is 13.1 Å². The molecular weight excluding hydrogens is 318 g/mol. The molecular formula is C16H22BrNO2. The van der Waals surface area contributed by atoms with Gasteiger partial charge in [0.1, 0.15) is 6.61 Å². The van der Waals surface area contributed by atoms with E-state index in [-0.39, 0.29) is 28.5 Å². The van der Waals surface area contributed by atoms with Gasteiger partial charge in [0.2, 0.25) is 0 Å². The summed E-state index contributed by atoms with van der Waals surface area (Å²) in [7, 11) is 0. The van der Waals surface area contributed by atoms with E-state index in [1.807, 2.05) is 0 Å². The van der Waals surface area contributed by atoms with Gasteiger partial charge in [0.15, 0.2) is 0 Å². The summed E-state index contributed by atoms with van der Waals surface area (Å²) in [5, 5.41) is 0. The molecule has 0 amide bonds. The van der Waals surface area contributed by atoms with Crippen LogP contribution < -0.4 is 0 Å². The van der Waals surface area contributed by atoms with Crippen LogP contribution in [0.1, 0.15) is 39.0 Å². The first-order chi connectivity index (χ1) is 9.20. The number of allylic oxidation sites excluding steroid dienone is 1. The number of rotatable bonds is 0. The quantitative estimate of drug-likeness (QED) is 0.502. The molecule has 0 aromatic rings. The number of carbonyl (C=O) groups is 1. The lowest BCUT2D eigenvalue weighted by Gasteiger charge is -2.50. The summed E-state index contributed by atoms with van der Waals surface area (Å²) in [6.45, 7) is 5.20. The largest absolute Gasteiger partial charge is 0.461 e. The van der Waals surface area contributed by atoms with Gasteiger partial charge in [-0.1, -0.05) is 13.0 Å². The van der Waals surface area contributed by atoms with E-state index in [9.17, 15) is 4.79 Å². The Morgan fingerprint density at radius 1 is 1.35 bits per heavy atom. The molecule has 0 bridgehead atoms. The Morgan fingerprint density at radius 2 is 2.15 bits per heavy atom. The lowest BCUT2D eigenvalue weighted by atomic mass is 9.67. The van der Waals surface area contributed by atoms with E-state index in [1.54, 1.807) is 5.57 Å². The van der Waals surface area contributed by atoms with Crippen LogP contribution in [0.25, 0.3) is 0 Å². The predicted octanol–water partition coefficient (Wildman–Crippen LogP) is 3.01. The van der Waals surface area contributed by atoms with Crippen LogP contribution >= 0.6 is 17.0 Å². The van der Waals surface area contributed by atoms with E-state index in [0.717, 1.165) is 13.0 Å². The van der Waals surface area contributed by atoms with Crippen molar-refractivity contribution in [2.45, 2.75) is 44.6 Å². The highest BCUT2D eigenvalue weighted by atomic mass is 79.9. The highest BCUT2D eigenvalue weighted by Gasteiger charge is 2.53. The fraction of sp³-hybridized carbons (Fsp3) is 0.688. The summed E-state index contributed by atoms with van der Waals surface area (Å²) in [5.41, 5.74) is 4.51. The van der Waals surface area contributed by atoms with Gasteiger partial charge in [-0.25, -0.2) is 0 Å². The van der Waals surface area contributed by atoms with E-state index in [2.05, 4.69) is 17.9 Å². The fourth-order valence-electron chi connectivity index (χ4n) is 4.64. The molecule has 4 heteroatoms. The molecule has 1 saturated heterocycles. The first-order valence-electron chi connectivity index (χ1n) is 7.52. The average molecular weight is 340 g/mol. The number of carbonyl (C=O) groups excluding carboxylic acids is 1. The van der Waals surface area contributed by atoms with Crippen LogP contribution in [0.5, 0.6) is 0 Å². The molecule has 3 aliphatic heterocycles. The third kappa shape index (κ3) is 1.84. The molecule has 4 rings (SSSR count). The molecule has 0 aromatic carbocycles. The van der Waals surface area contributed by atoms with Crippen LogP contribution in [0.15, 0.2) is 22.8 Å². The summed E-state index contributed by atoms with van der Waals surface area (Å²) in [6.07, 6.45) is 7.67. The van der Waals surface area contributed by atoms with E-state index in [1.165, 1.54) is 37.0 Å². The monoisotopic (exact) mass is 339 g/mol. The van der Waals surface area contributed by atoms with Gasteiger partial charge in [-0.05, 0) is 48.3 Å². The van der Waals surface area contributed by atoms with Crippen LogP contribution in [0, 0.1) is 5.92 Å². The molecule has 2 atom stereocenters. The van der Waals surface area contributed by atoms with Gasteiger partial charge in [0.25, 0.3) is 0 Å². The second kappa shape index (κ2) is 4.99.